The second-order valence-corrected chi connectivity index (χ2v) is 8.26. The predicted molar refractivity (Wildman–Crippen MR) is 98.8 cm³/mol. The number of rotatable bonds is 14. The van der Waals surface area contributed by atoms with Gasteiger partial charge in [-0.25, -0.2) is 0 Å². The van der Waals surface area contributed by atoms with Gasteiger partial charge in [0, 0.05) is 0 Å². The van der Waals surface area contributed by atoms with Crippen LogP contribution in [0, 0.1) is 23.7 Å². The first-order valence-corrected chi connectivity index (χ1v) is 9.95. The van der Waals surface area contributed by atoms with Gasteiger partial charge in [-0.2, -0.15) is 0 Å². The quantitative estimate of drug-likeness (QED) is 0.286. The van der Waals surface area contributed by atoms with Gasteiger partial charge >= 0.3 is 0 Å². The molecule has 0 heteroatoms. The molecule has 128 valence electrons. The highest BCUT2D eigenvalue weighted by molar-refractivity contribution is 4.60. The fraction of sp³-hybridized carbons (Fsp3) is 1.00. The molecule has 0 nitrogen and oxygen atoms in total. The molecule has 0 saturated heterocycles. The van der Waals surface area contributed by atoms with Crippen LogP contribution in [0.1, 0.15) is 112 Å². The lowest BCUT2D eigenvalue weighted by Crippen LogP contribution is -2.00. The van der Waals surface area contributed by atoms with Crippen LogP contribution in [0.2, 0.25) is 0 Å². The summed E-state index contributed by atoms with van der Waals surface area (Å²) in [7, 11) is 0. The van der Waals surface area contributed by atoms with Crippen molar-refractivity contribution in [2.75, 3.05) is 0 Å². The minimum Gasteiger partial charge on any atom is -0.0651 e. The Balaban J connectivity index is 3.41. The minimum absolute atomic E-state index is 0.882. The van der Waals surface area contributed by atoms with Gasteiger partial charge in [0.25, 0.3) is 0 Å². The molecule has 0 spiro atoms. The monoisotopic (exact) mass is 296 g/mol. The molecule has 0 heterocycles. The lowest BCUT2D eigenvalue weighted by molar-refractivity contribution is 0.380. The third-order valence-electron chi connectivity index (χ3n) is 5.21. The van der Waals surface area contributed by atoms with Gasteiger partial charge < -0.3 is 0 Å². The van der Waals surface area contributed by atoms with Gasteiger partial charge in [-0.15, -0.1) is 0 Å². The molecular formula is C21H44. The zero-order chi connectivity index (χ0) is 16.1. The summed E-state index contributed by atoms with van der Waals surface area (Å²) >= 11 is 0. The number of hydrogen-bond acceptors (Lipinski definition) is 0. The molecular weight excluding hydrogens is 252 g/mol. The van der Waals surface area contributed by atoms with E-state index in [0.29, 0.717) is 0 Å². The molecule has 0 rings (SSSR count). The predicted octanol–water partition coefficient (Wildman–Crippen LogP) is 7.86. The fourth-order valence-electron chi connectivity index (χ4n) is 3.17. The van der Waals surface area contributed by atoms with Crippen molar-refractivity contribution in [3.05, 3.63) is 0 Å². The Labute approximate surface area is 136 Å². The molecule has 0 amide bonds. The molecule has 0 N–H and O–H groups in total. The third-order valence-corrected chi connectivity index (χ3v) is 5.21. The molecule has 0 aliphatic rings. The summed E-state index contributed by atoms with van der Waals surface area (Å²) in [5.74, 6) is 3.71. The average Bonchev–Trinajstić information content (AvgIpc) is 2.42. The Bertz CT molecular complexity index is 206. The largest absolute Gasteiger partial charge is 0.0651 e. The molecule has 3 atom stereocenters. The average molecular weight is 297 g/mol. The van der Waals surface area contributed by atoms with Crippen molar-refractivity contribution >= 4 is 0 Å². The molecule has 0 aliphatic carbocycles. The zero-order valence-corrected chi connectivity index (χ0v) is 16.1. The summed E-state index contributed by atoms with van der Waals surface area (Å²) in [6.45, 7) is 14.3. The van der Waals surface area contributed by atoms with Gasteiger partial charge in [0.1, 0.15) is 0 Å². The molecule has 0 bridgehead atoms. The van der Waals surface area contributed by atoms with E-state index in [1.807, 2.05) is 0 Å². The first-order valence-electron chi connectivity index (χ1n) is 9.95. The smallest absolute Gasteiger partial charge is 0.0443 e. The van der Waals surface area contributed by atoms with E-state index in [1.165, 1.54) is 70.6 Å². The van der Waals surface area contributed by atoms with E-state index in [9.17, 15) is 0 Å². The Morgan fingerprint density at radius 1 is 0.476 bits per heavy atom. The first-order chi connectivity index (χ1) is 9.95. The van der Waals surface area contributed by atoms with Gasteiger partial charge in [0.2, 0.25) is 0 Å². The van der Waals surface area contributed by atoms with Gasteiger partial charge in [-0.3, -0.25) is 0 Å². The SMILES string of the molecule is CC[C@H](C)CCCC[C@H](C)CCC[C@@H](C)CCCC(C)C. The molecule has 21 heavy (non-hydrogen) atoms. The highest BCUT2D eigenvalue weighted by atomic mass is 14.1. The minimum atomic E-state index is 0.882. The standard InChI is InChI=1S/C21H44/c1-7-19(4)13-8-9-14-20(5)16-11-17-21(6)15-10-12-18(2)3/h18-21H,7-17H2,1-6H3/t19-,20-,21-/m0/s1. The maximum Gasteiger partial charge on any atom is -0.0443 e. The molecule has 0 radical (unpaired) electrons. The van der Waals surface area contributed by atoms with Crippen LogP contribution in [-0.2, 0) is 0 Å². The highest BCUT2D eigenvalue weighted by Crippen LogP contribution is 2.22. The lowest BCUT2D eigenvalue weighted by Gasteiger charge is -2.15. The number of unbranched alkanes of at least 4 members (excludes halogenated alkanes) is 1. The molecule has 0 fully saturated rings. The first kappa shape index (κ1) is 21.0. The fourth-order valence-corrected chi connectivity index (χ4v) is 3.17. The van der Waals surface area contributed by atoms with Crippen LogP contribution in [0.25, 0.3) is 0 Å². The van der Waals surface area contributed by atoms with Crippen molar-refractivity contribution in [2.45, 2.75) is 112 Å². The van der Waals surface area contributed by atoms with Gasteiger partial charge in [-0.1, -0.05) is 112 Å². The molecule has 0 aliphatic heterocycles. The van der Waals surface area contributed by atoms with Gasteiger partial charge in [0.15, 0.2) is 0 Å². The van der Waals surface area contributed by atoms with Crippen LogP contribution in [0.15, 0.2) is 0 Å². The maximum absolute atomic E-state index is 2.46. The molecule has 0 saturated carbocycles. The van der Waals surface area contributed by atoms with Crippen molar-refractivity contribution < 1.29 is 0 Å². The van der Waals surface area contributed by atoms with E-state index in [1.54, 1.807) is 0 Å². The summed E-state index contributed by atoms with van der Waals surface area (Å²) in [6, 6.07) is 0. The van der Waals surface area contributed by atoms with Crippen LogP contribution in [0.3, 0.4) is 0 Å². The van der Waals surface area contributed by atoms with Gasteiger partial charge in [0.05, 0.1) is 0 Å². The molecule has 0 aromatic carbocycles. The Morgan fingerprint density at radius 3 is 1.29 bits per heavy atom. The van der Waals surface area contributed by atoms with Crippen molar-refractivity contribution in [3.63, 3.8) is 0 Å². The van der Waals surface area contributed by atoms with E-state index in [4.69, 9.17) is 0 Å². The van der Waals surface area contributed by atoms with Crippen LogP contribution in [-0.4, -0.2) is 0 Å². The maximum atomic E-state index is 2.46. The Morgan fingerprint density at radius 2 is 0.857 bits per heavy atom. The van der Waals surface area contributed by atoms with E-state index in [0.717, 1.165) is 23.7 Å². The van der Waals surface area contributed by atoms with Crippen molar-refractivity contribution in [1.82, 2.24) is 0 Å². The zero-order valence-electron chi connectivity index (χ0n) is 16.1. The van der Waals surface area contributed by atoms with Crippen LogP contribution in [0.5, 0.6) is 0 Å². The summed E-state index contributed by atoms with van der Waals surface area (Å²) in [4.78, 5) is 0. The third kappa shape index (κ3) is 14.7. The second-order valence-electron chi connectivity index (χ2n) is 8.26. The van der Waals surface area contributed by atoms with E-state index >= 15 is 0 Å². The number of hydrogen-bond donors (Lipinski definition) is 0. The highest BCUT2D eigenvalue weighted by Gasteiger charge is 2.07. The molecule has 0 unspecified atom stereocenters. The molecule has 0 aromatic rings. The van der Waals surface area contributed by atoms with Crippen LogP contribution < -0.4 is 0 Å². The topological polar surface area (TPSA) is 0 Å². The van der Waals surface area contributed by atoms with Gasteiger partial charge in [-0.05, 0) is 23.7 Å². The van der Waals surface area contributed by atoms with Crippen LogP contribution in [0.4, 0.5) is 0 Å². The summed E-state index contributed by atoms with van der Waals surface area (Å²) in [6.07, 6.45) is 15.8. The Kier molecular flexibility index (Phi) is 13.6. The Hall–Kier alpha value is 0. The van der Waals surface area contributed by atoms with Crippen molar-refractivity contribution in [1.29, 1.82) is 0 Å². The molecule has 0 aromatic heterocycles. The van der Waals surface area contributed by atoms with Crippen LogP contribution >= 0.6 is 0 Å². The lowest BCUT2D eigenvalue weighted by atomic mass is 9.91. The van der Waals surface area contributed by atoms with E-state index in [2.05, 4.69) is 41.5 Å². The summed E-state index contributed by atoms with van der Waals surface area (Å²) in [5, 5.41) is 0. The summed E-state index contributed by atoms with van der Waals surface area (Å²) < 4.78 is 0. The van der Waals surface area contributed by atoms with E-state index < -0.39 is 0 Å². The van der Waals surface area contributed by atoms with Crippen molar-refractivity contribution in [2.24, 2.45) is 23.7 Å². The normalized spacial score (nSPS) is 16.1. The van der Waals surface area contributed by atoms with Crippen molar-refractivity contribution in [3.8, 4) is 0 Å². The van der Waals surface area contributed by atoms with E-state index in [-0.39, 0.29) is 0 Å². The summed E-state index contributed by atoms with van der Waals surface area (Å²) in [5.41, 5.74) is 0. The second kappa shape index (κ2) is 13.6.